The van der Waals surface area contributed by atoms with Crippen molar-refractivity contribution < 1.29 is 9.18 Å². The maximum Gasteiger partial charge on any atom is 0.273 e. The third-order valence-electron chi connectivity index (χ3n) is 4.00. The summed E-state index contributed by atoms with van der Waals surface area (Å²) in [6.07, 6.45) is 1.90. The summed E-state index contributed by atoms with van der Waals surface area (Å²) in [5.74, 6) is -0.409. The standard InChI is InChI=1S/C16H18FN3OS/c1-20(11-6-8-18-9-7-11)16(21)14-10-22-15(19-14)12-4-2-3-5-13(12)17/h2-5,10-11,18H,6-9H2,1H3. The molecule has 1 aliphatic heterocycles. The number of piperidine rings is 1. The first-order valence-electron chi connectivity index (χ1n) is 7.35. The Hall–Kier alpha value is -1.79. The Labute approximate surface area is 133 Å². The van der Waals surface area contributed by atoms with E-state index in [1.807, 2.05) is 7.05 Å². The van der Waals surface area contributed by atoms with E-state index in [0.29, 0.717) is 16.3 Å². The van der Waals surface area contributed by atoms with Crippen LogP contribution in [-0.2, 0) is 0 Å². The van der Waals surface area contributed by atoms with E-state index in [1.54, 1.807) is 28.5 Å². The topological polar surface area (TPSA) is 45.2 Å². The zero-order chi connectivity index (χ0) is 15.5. The zero-order valence-corrected chi connectivity index (χ0v) is 13.2. The van der Waals surface area contributed by atoms with E-state index in [0.717, 1.165) is 25.9 Å². The number of aromatic nitrogens is 1. The highest BCUT2D eigenvalue weighted by Gasteiger charge is 2.24. The number of halogens is 1. The van der Waals surface area contributed by atoms with Gasteiger partial charge in [0, 0.05) is 24.0 Å². The minimum Gasteiger partial charge on any atom is -0.337 e. The highest BCUT2D eigenvalue weighted by molar-refractivity contribution is 7.13. The number of thiazole rings is 1. The molecule has 1 fully saturated rings. The number of rotatable bonds is 3. The summed E-state index contributed by atoms with van der Waals surface area (Å²) in [6, 6.07) is 6.73. The van der Waals surface area contributed by atoms with Crippen LogP contribution in [0.25, 0.3) is 10.6 Å². The fourth-order valence-corrected chi connectivity index (χ4v) is 3.49. The molecule has 0 bridgehead atoms. The molecule has 2 heterocycles. The number of amides is 1. The van der Waals surface area contributed by atoms with Gasteiger partial charge in [0.05, 0.1) is 0 Å². The van der Waals surface area contributed by atoms with Crippen molar-refractivity contribution >= 4 is 17.2 Å². The van der Waals surface area contributed by atoms with Gasteiger partial charge in [0.15, 0.2) is 0 Å². The molecule has 4 nitrogen and oxygen atoms in total. The molecule has 0 atom stereocenters. The van der Waals surface area contributed by atoms with Crippen LogP contribution < -0.4 is 5.32 Å². The summed E-state index contributed by atoms with van der Waals surface area (Å²) < 4.78 is 13.8. The Morgan fingerprint density at radius 1 is 1.36 bits per heavy atom. The summed E-state index contributed by atoms with van der Waals surface area (Å²) in [5.41, 5.74) is 0.834. The summed E-state index contributed by atoms with van der Waals surface area (Å²) in [4.78, 5) is 18.6. The lowest BCUT2D eigenvalue weighted by Crippen LogP contribution is -2.44. The number of carbonyl (C=O) groups is 1. The summed E-state index contributed by atoms with van der Waals surface area (Å²) in [5, 5.41) is 5.54. The van der Waals surface area contributed by atoms with Crippen LogP contribution in [0.3, 0.4) is 0 Å². The van der Waals surface area contributed by atoms with Crippen molar-refractivity contribution in [2.45, 2.75) is 18.9 Å². The lowest BCUT2D eigenvalue weighted by atomic mass is 10.1. The SMILES string of the molecule is CN(C(=O)c1csc(-c2ccccc2F)n1)C1CCNCC1. The Bertz CT molecular complexity index is 667. The van der Waals surface area contributed by atoms with Gasteiger partial charge in [-0.25, -0.2) is 9.37 Å². The average molecular weight is 319 g/mol. The van der Waals surface area contributed by atoms with Gasteiger partial charge in [0.2, 0.25) is 0 Å². The average Bonchev–Trinajstić information content (AvgIpc) is 3.04. The predicted molar refractivity (Wildman–Crippen MR) is 85.5 cm³/mol. The Morgan fingerprint density at radius 3 is 2.82 bits per heavy atom. The maximum absolute atomic E-state index is 13.8. The van der Waals surface area contributed by atoms with Gasteiger partial charge in [-0.15, -0.1) is 11.3 Å². The highest BCUT2D eigenvalue weighted by Crippen LogP contribution is 2.27. The lowest BCUT2D eigenvalue weighted by Gasteiger charge is -2.31. The molecule has 0 spiro atoms. The van der Waals surface area contributed by atoms with Gasteiger partial charge in [0.25, 0.3) is 5.91 Å². The fraction of sp³-hybridized carbons (Fsp3) is 0.375. The molecule has 1 amide bonds. The van der Waals surface area contributed by atoms with Crippen LogP contribution in [0.2, 0.25) is 0 Å². The molecule has 1 aromatic carbocycles. The smallest absolute Gasteiger partial charge is 0.273 e. The summed E-state index contributed by atoms with van der Waals surface area (Å²) in [7, 11) is 1.82. The quantitative estimate of drug-likeness (QED) is 0.946. The summed E-state index contributed by atoms with van der Waals surface area (Å²) >= 11 is 1.30. The first-order chi connectivity index (χ1) is 10.7. The minimum absolute atomic E-state index is 0.0919. The van der Waals surface area contributed by atoms with Crippen LogP contribution in [0.15, 0.2) is 29.6 Å². The molecular formula is C16H18FN3OS. The molecular weight excluding hydrogens is 301 g/mol. The molecule has 1 saturated heterocycles. The van der Waals surface area contributed by atoms with Crippen LogP contribution in [0.5, 0.6) is 0 Å². The van der Waals surface area contributed by atoms with Crippen molar-refractivity contribution in [2.24, 2.45) is 0 Å². The first-order valence-corrected chi connectivity index (χ1v) is 8.23. The second-order valence-corrected chi connectivity index (χ2v) is 6.27. The number of benzene rings is 1. The molecule has 0 unspecified atom stereocenters. The minimum atomic E-state index is -0.317. The number of nitrogens with one attached hydrogen (secondary N) is 1. The molecule has 22 heavy (non-hydrogen) atoms. The van der Waals surface area contributed by atoms with Gasteiger partial charge in [-0.2, -0.15) is 0 Å². The van der Waals surface area contributed by atoms with Crippen LogP contribution in [0.1, 0.15) is 23.3 Å². The first kappa shape index (κ1) is 15.1. The molecule has 116 valence electrons. The van der Waals surface area contributed by atoms with Crippen LogP contribution >= 0.6 is 11.3 Å². The van der Waals surface area contributed by atoms with E-state index >= 15 is 0 Å². The van der Waals surface area contributed by atoms with Crippen LogP contribution in [0, 0.1) is 5.82 Å². The Kier molecular flexibility index (Phi) is 4.49. The lowest BCUT2D eigenvalue weighted by molar-refractivity contribution is 0.0698. The van der Waals surface area contributed by atoms with E-state index in [1.165, 1.54) is 17.4 Å². The second kappa shape index (κ2) is 6.54. The van der Waals surface area contributed by atoms with Crippen molar-refractivity contribution in [2.75, 3.05) is 20.1 Å². The van der Waals surface area contributed by atoms with Crippen molar-refractivity contribution in [3.8, 4) is 10.6 Å². The van der Waals surface area contributed by atoms with Crippen LogP contribution in [0.4, 0.5) is 4.39 Å². The molecule has 1 aliphatic rings. The van der Waals surface area contributed by atoms with Crippen molar-refractivity contribution in [3.05, 3.63) is 41.2 Å². The molecule has 1 N–H and O–H groups in total. The van der Waals surface area contributed by atoms with E-state index in [4.69, 9.17) is 0 Å². The third kappa shape index (κ3) is 3.03. The Morgan fingerprint density at radius 2 is 2.09 bits per heavy atom. The van der Waals surface area contributed by atoms with E-state index < -0.39 is 0 Å². The second-order valence-electron chi connectivity index (χ2n) is 5.41. The van der Waals surface area contributed by atoms with Crippen molar-refractivity contribution in [1.29, 1.82) is 0 Å². The Balaban J connectivity index is 1.78. The highest BCUT2D eigenvalue weighted by atomic mass is 32.1. The zero-order valence-electron chi connectivity index (χ0n) is 12.4. The third-order valence-corrected chi connectivity index (χ3v) is 4.88. The predicted octanol–water partition coefficient (Wildman–Crippen LogP) is 2.77. The van der Waals surface area contributed by atoms with Crippen molar-refractivity contribution in [1.82, 2.24) is 15.2 Å². The van der Waals surface area contributed by atoms with Gasteiger partial charge in [-0.05, 0) is 38.1 Å². The van der Waals surface area contributed by atoms with Gasteiger partial charge in [-0.3, -0.25) is 4.79 Å². The molecule has 0 aliphatic carbocycles. The number of nitrogens with zero attached hydrogens (tertiary/aromatic N) is 2. The monoisotopic (exact) mass is 319 g/mol. The molecule has 3 rings (SSSR count). The number of hydrogen-bond acceptors (Lipinski definition) is 4. The summed E-state index contributed by atoms with van der Waals surface area (Å²) in [6.45, 7) is 1.86. The molecule has 1 aromatic heterocycles. The van der Waals surface area contributed by atoms with Crippen LogP contribution in [-0.4, -0.2) is 42.0 Å². The van der Waals surface area contributed by atoms with Gasteiger partial charge in [0.1, 0.15) is 16.5 Å². The molecule has 6 heteroatoms. The largest absolute Gasteiger partial charge is 0.337 e. The number of hydrogen-bond donors (Lipinski definition) is 1. The fourth-order valence-electron chi connectivity index (χ4n) is 2.67. The van der Waals surface area contributed by atoms with Gasteiger partial charge in [-0.1, -0.05) is 12.1 Å². The number of carbonyl (C=O) groups excluding carboxylic acids is 1. The van der Waals surface area contributed by atoms with E-state index in [9.17, 15) is 9.18 Å². The van der Waals surface area contributed by atoms with E-state index in [2.05, 4.69) is 10.3 Å². The van der Waals surface area contributed by atoms with Crippen molar-refractivity contribution in [3.63, 3.8) is 0 Å². The maximum atomic E-state index is 13.8. The van der Waals surface area contributed by atoms with Gasteiger partial charge >= 0.3 is 0 Å². The normalized spacial score (nSPS) is 15.7. The van der Waals surface area contributed by atoms with Gasteiger partial charge < -0.3 is 10.2 Å². The molecule has 0 saturated carbocycles. The molecule has 0 radical (unpaired) electrons. The molecule has 2 aromatic rings. The van der Waals surface area contributed by atoms with E-state index in [-0.39, 0.29) is 17.8 Å².